The number of nitrogens with two attached hydrogens (primary N) is 1. The molecule has 0 bridgehead atoms. The molecule has 5 nitrogen and oxygen atoms in total. The summed E-state index contributed by atoms with van der Waals surface area (Å²) in [7, 11) is 3.75. The van der Waals surface area contributed by atoms with Crippen LogP contribution in [0.2, 0.25) is 0 Å². The molecule has 0 spiro atoms. The molecule has 124 valence electrons. The van der Waals surface area contributed by atoms with Gasteiger partial charge in [0.25, 0.3) is 0 Å². The number of nitrogens with zero attached hydrogens (tertiary/aromatic N) is 3. The van der Waals surface area contributed by atoms with E-state index >= 15 is 0 Å². The molecule has 2 N–H and O–H groups in total. The topological polar surface area (TPSA) is 73.4 Å². The smallest absolute Gasteiger partial charge is 0.161 e. The lowest BCUT2D eigenvalue weighted by Crippen LogP contribution is -2.45. The Morgan fingerprint density at radius 2 is 2.08 bits per heavy atom. The number of rotatable bonds is 2. The number of benzene rings is 1. The van der Waals surface area contributed by atoms with E-state index in [1.807, 2.05) is 55.3 Å². The van der Waals surface area contributed by atoms with Crippen molar-refractivity contribution in [3.63, 3.8) is 0 Å². The van der Waals surface area contributed by atoms with Crippen molar-refractivity contribution in [3.8, 4) is 6.07 Å². The second-order valence-corrected chi connectivity index (χ2v) is 6.55. The standard InChI is InChI=1S/C19H22N4O/c1-12-6-4-7-13(10-12)17-14(11-20)19(21)23(22(2)3)15-8-5-9-16(24)18(15)17/h4,6-7,10,17H,5,8-9,21H2,1-3H3/t17-/m0/s1. The van der Waals surface area contributed by atoms with Gasteiger partial charge >= 0.3 is 0 Å². The number of carbonyl (C=O) groups excluding carboxylic acids is 1. The van der Waals surface area contributed by atoms with E-state index in [2.05, 4.69) is 6.07 Å². The molecular formula is C19H22N4O. The highest BCUT2D eigenvalue weighted by Crippen LogP contribution is 2.44. The summed E-state index contributed by atoms with van der Waals surface area (Å²) >= 11 is 0. The molecule has 1 aliphatic heterocycles. The summed E-state index contributed by atoms with van der Waals surface area (Å²) in [5.74, 6) is 0.172. The maximum absolute atomic E-state index is 12.8. The van der Waals surface area contributed by atoms with Crippen LogP contribution < -0.4 is 5.73 Å². The van der Waals surface area contributed by atoms with E-state index in [-0.39, 0.29) is 11.7 Å². The fourth-order valence-corrected chi connectivity index (χ4v) is 3.71. The molecule has 1 aromatic rings. The Bertz CT molecular complexity index is 798. The van der Waals surface area contributed by atoms with E-state index < -0.39 is 0 Å². The van der Waals surface area contributed by atoms with Crippen LogP contribution in [0.25, 0.3) is 0 Å². The number of nitriles is 1. The lowest BCUT2D eigenvalue weighted by atomic mass is 9.76. The molecule has 1 aromatic carbocycles. The molecule has 0 radical (unpaired) electrons. The number of hydrogen-bond donors (Lipinski definition) is 1. The molecule has 1 aliphatic carbocycles. The van der Waals surface area contributed by atoms with Gasteiger partial charge in [-0.25, -0.2) is 5.01 Å². The van der Waals surface area contributed by atoms with Crippen molar-refractivity contribution in [3.05, 3.63) is 58.1 Å². The fraction of sp³-hybridized carbons (Fsp3) is 0.368. The highest BCUT2D eigenvalue weighted by Gasteiger charge is 2.40. The van der Waals surface area contributed by atoms with Gasteiger partial charge in [-0.3, -0.25) is 9.80 Å². The molecule has 5 heteroatoms. The van der Waals surface area contributed by atoms with E-state index in [1.165, 1.54) is 0 Å². The monoisotopic (exact) mass is 322 g/mol. The minimum absolute atomic E-state index is 0.120. The van der Waals surface area contributed by atoms with Gasteiger partial charge in [0.1, 0.15) is 5.82 Å². The van der Waals surface area contributed by atoms with Gasteiger partial charge in [0.15, 0.2) is 5.78 Å². The van der Waals surface area contributed by atoms with Crippen molar-refractivity contribution < 1.29 is 4.79 Å². The quantitative estimate of drug-likeness (QED) is 0.906. The number of Topliss-reactive ketones (excluding diaryl/α,β-unsaturated/α-hetero) is 1. The van der Waals surface area contributed by atoms with Gasteiger partial charge in [-0.05, 0) is 25.3 Å². The first-order chi connectivity index (χ1) is 11.5. The van der Waals surface area contributed by atoms with Crippen LogP contribution in [0.1, 0.15) is 36.3 Å². The van der Waals surface area contributed by atoms with Crippen molar-refractivity contribution >= 4 is 5.78 Å². The largest absolute Gasteiger partial charge is 0.383 e. The Labute approximate surface area is 142 Å². The second kappa shape index (κ2) is 6.14. The minimum atomic E-state index is -0.367. The third-order valence-corrected chi connectivity index (χ3v) is 4.66. The zero-order valence-electron chi connectivity index (χ0n) is 14.3. The maximum Gasteiger partial charge on any atom is 0.161 e. The molecule has 3 rings (SSSR count). The van der Waals surface area contributed by atoms with E-state index in [0.717, 1.165) is 35.2 Å². The Morgan fingerprint density at radius 1 is 1.33 bits per heavy atom. The van der Waals surface area contributed by atoms with Crippen LogP contribution in [-0.4, -0.2) is 29.9 Å². The summed E-state index contributed by atoms with van der Waals surface area (Å²) < 4.78 is 0. The van der Waals surface area contributed by atoms with Gasteiger partial charge in [-0.15, -0.1) is 0 Å². The van der Waals surface area contributed by atoms with E-state index in [4.69, 9.17) is 5.73 Å². The fourth-order valence-electron chi connectivity index (χ4n) is 3.71. The van der Waals surface area contributed by atoms with Crippen LogP contribution in [-0.2, 0) is 4.79 Å². The van der Waals surface area contributed by atoms with Crippen LogP contribution in [0.4, 0.5) is 0 Å². The van der Waals surface area contributed by atoms with Crippen LogP contribution >= 0.6 is 0 Å². The van der Waals surface area contributed by atoms with Crippen molar-refractivity contribution in [2.45, 2.75) is 32.1 Å². The molecule has 0 saturated heterocycles. The van der Waals surface area contributed by atoms with E-state index in [1.54, 1.807) is 0 Å². The number of carbonyl (C=O) groups is 1. The van der Waals surface area contributed by atoms with Gasteiger partial charge in [0.05, 0.1) is 17.6 Å². The molecular weight excluding hydrogens is 300 g/mol. The Hall–Kier alpha value is -2.58. The van der Waals surface area contributed by atoms with Gasteiger partial charge in [-0.1, -0.05) is 29.8 Å². The molecule has 2 aliphatic rings. The molecule has 0 aromatic heterocycles. The summed E-state index contributed by atoms with van der Waals surface area (Å²) in [5, 5.41) is 13.4. The van der Waals surface area contributed by atoms with Crippen molar-refractivity contribution in [2.75, 3.05) is 14.1 Å². The summed E-state index contributed by atoms with van der Waals surface area (Å²) in [6.45, 7) is 2.01. The highest BCUT2D eigenvalue weighted by atomic mass is 16.1. The van der Waals surface area contributed by atoms with Crippen molar-refractivity contribution in [1.82, 2.24) is 10.0 Å². The summed E-state index contributed by atoms with van der Waals surface area (Å²) in [6, 6.07) is 10.2. The lowest BCUT2D eigenvalue weighted by Gasteiger charge is -2.42. The second-order valence-electron chi connectivity index (χ2n) is 6.55. The first-order valence-electron chi connectivity index (χ1n) is 8.15. The van der Waals surface area contributed by atoms with Crippen LogP contribution in [0.3, 0.4) is 0 Å². The predicted molar refractivity (Wildman–Crippen MR) is 92.2 cm³/mol. The molecule has 1 heterocycles. The zero-order valence-corrected chi connectivity index (χ0v) is 14.3. The summed E-state index contributed by atoms with van der Waals surface area (Å²) in [6.07, 6.45) is 2.14. The zero-order chi connectivity index (χ0) is 17.4. The van der Waals surface area contributed by atoms with E-state index in [9.17, 15) is 10.1 Å². The predicted octanol–water partition coefficient (Wildman–Crippen LogP) is 2.57. The van der Waals surface area contributed by atoms with Crippen LogP contribution in [0.5, 0.6) is 0 Å². The number of aryl methyl sites for hydroxylation is 1. The van der Waals surface area contributed by atoms with Gasteiger partial charge in [0, 0.05) is 31.8 Å². The number of hydrogen-bond acceptors (Lipinski definition) is 5. The van der Waals surface area contributed by atoms with Crippen LogP contribution in [0.15, 0.2) is 46.9 Å². The van der Waals surface area contributed by atoms with Gasteiger partial charge in [0.2, 0.25) is 0 Å². The molecule has 0 unspecified atom stereocenters. The number of allylic oxidation sites excluding steroid dienone is 3. The Balaban J connectivity index is 2.27. The van der Waals surface area contributed by atoms with Gasteiger partial charge < -0.3 is 5.73 Å². The summed E-state index contributed by atoms with van der Waals surface area (Å²) in [5.41, 5.74) is 10.5. The molecule has 0 fully saturated rings. The molecule has 24 heavy (non-hydrogen) atoms. The maximum atomic E-state index is 12.8. The third kappa shape index (κ3) is 2.49. The summed E-state index contributed by atoms with van der Waals surface area (Å²) in [4.78, 5) is 12.8. The van der Waals surface area contributed by atoms with Crippen molar-refractivity contribution in [1.29, 1.82) is 5.26 Å². The SMILES string of the molecule is Cc1cccc([C@H]2C(C#N)=C(N)N(N(C)C)C3=C2C(=O)CCC3)c1. The Morgan fingerprint density at radius 3 is 2.71 bits per heavy atom. The number of hydrazine groups is 1. The first-order valence-corrected chi connectivity index (χ1v) is 8.15. The highest BCUT2D eigenvalue weighted by molar-refractivity contribution is 5.99. The first kappa shape index (κ1) is 16.3. The van der Waals surface area contributed by atoms with Crippen LogP contribution in [0, 0.1) is 18.3 Å². The lowest BCUT2D eigenvalue weighted by molar-refractivity contribution is -0.116. The van der Waals surface area contributed by atoms with Crippen molar-refractivity contribution in [2.24, 2.45) is 5.73 Å². The normalized spacial score (nSPS) is 21.2. The third-order valence-electron chi connectivity index (χ3n) is 4.66. The minimum Gasteiger partial charge on any atom is -0.383 e. The number of ketones is 1. The molecule has 0 saturated carbocycles. The molecule has 0 amide bonds. The molecule has 1 atom stereocenters. The average molecular weight is 322 g/mol. The average Bonchev–Trinajstić information content (AvgIpc) is 2.53. The van der Waals surface area contributed by atoms with Gasteiger partial charge in [-0.2, -0.15) is 5.26 Å². The Kier molecular flexibility index (Phi) is 4.16. The van der Waals surface area contributed by atoms with E-state index in [0.29, 0.717) is 17.8 Å².